The molecular formula is C18H26N2O4. The van der Waals surface area contributed by atoms with Gasteiger partial charge in [-0.25, -0.2) is 0 Å². The normalized spacial score (nSPS) is 26.4. The van der Waals surface area contributed by atoms with Crippen molar-refractivity contribution in [1.82, 2.24) is 10.8 Å². The van der Waals surface area contributed by atoms with E-state index in [1.54, 1.807) is 0 Å². The van der Waals surface area contributed by atoms with E-state index in [0.717, 1.165) is 38.2 Å². The van der Waals surface area contributed by atoms with Crippen molar-refractivity contribution in [3.05, 3.63) is 30.3 Å². The Morgan fingerprint density at radius 3 is 3.00 bits per heavy atom. The van der Waals surface area contributed by atoms with Gasteiger partial charge in [-0.05, 0) is 31.4 Å². The molecular weight excluding hydrogens is 308 g/mol. The fourth-order valence-electron chi connectivity index (χ4n) is 3.01. The summed E-state index contributed by atoms with van der Waals surface area (Å²) in [6.45, 7) is 2.90. The number of carbonyl (C=O) groups excluding carboxylic acids is 1. The molecule has 1 amide bonds. The highest BCUT2D eigenvalue weighted by molar-refractivity contribution is 5.81. The van der Waals surface area contributed by atoms with Crippen LogP contribution in [-0.4, -0.2) is 44.4 Å². The number of hydrogen-bond acceptors (Lipinski definition) is 5. The Morgan fingerprint density at radius 1 is 1.33 bits per heavy atom. The third kappa shape index (κ3) is 5.19. The quantitative estimate of drug-likeness (QED) is 0.708. The Labute approximate surface area is 142 Å². The van der Waals surface area contributed by atoms with Gasteiger partial charge in [0.15, 0.2) is 0 Å². The molecule has 0 aliphatic carbocycles. The molecule has 1 aromatic carbocycles. The predicted octanol–water partition coefficient (Wildman–Crippen LogP) is 1.66. The summed E-state index contributed by atoms with van der Waals surface area (Å²) in [7, 11) is 0. The van der Waals surface area contributed by atoms with E-state index in [-0.39, 0.29) is 18.1 Å². The highest BCUT2D eigenvalue weighted by Crippen LogP contribution is 2.17. The molecule has 1 aromatic rings. The number of hydrogen-bond donors (Lipinski definition) is 2. The minimum Gasteiger partial charge on any atom is -0.494 e. The van der Waals surface area contributed by atoms with Crippen LogP contribution in [0.2, 0.25) is 0 Å². The number of hydroxylamine groups is 1. The Bertz CT molecular complexity index is 505. The lowest BCUT2D eigenvalue weighted by Gasteiger charge is -2.12. The second-order valence-electron chi connectivity index (χ2n) is 6.42. The molecule has 0 bridgehead atoms. The topological polar surface area (TPSA) is 68.8 Å². The third-order valence-electron chi connectivity index (χ3n) is 4.46. The van der Waals surface area contributed by atoms with Gasteiger partial charge in [-0.1, -0.05) is 18.2 Å². The Morgan fingerprint density at radius 2 is 2.21 bits per heavy atom. The van der Waals surface area contributed by atoms with Crippen LogP contribution in [0.15, 0.2) is 30.3 Å². The first-order valence-electron chi connectivity index (χ1n) is 8.76. The van der Waals surface area contributed by atoms with Crippen LogP contribution in [0.5, 0.6) is 5.75 Å². The molecule has 3 rings (SSSR count). The van der Waals surface area contributed by atoms with E-state index in [9.17, 15) is 4.79 Å². The van der Waals surface area contributed by atoms with Crippen molar-refractivity contribution >= 4 is 5.91 Å². The molecule has 2 fully saturated rings. The van der Waals surface area contributed by atoms with Crippen LogP contribution in [0.4, 0.5) is 0 Å². The van der Waals surface area contributed by atoms with Crippen molar-refractivity contribution in [2.75, 3.05) is 26.4 Å². The summed E-state index contributed by atoms with van der Waals surface area (Å²) in [4.78, 5) is 17.7. The highest BCUT2D eigenvalue weighted by atomic mass is 16.7. The molecule has 24 heavy (non-hydrogen) atoms. The summed E-state index contributed by atoms with van der Waals surface area (Å²) in [5.74, 6) is 1.35. The van der Waals surface area contributed by atoms with Crippen LogP contribution < -0.4 is 15.5 Å². The fourth-order valence-corrected chi connectivity index (χ4v) is 3.01. The minimum absolute atomic E-state index is 0.0185. The molecule has 3 atom stereocenters. The fraction of sp³-hybridized carbons (Fsp3) is 0.611. The van der Waals surface area contributed by atoms with Crippen molar-refractivity contribution in [3.8, 4) is 5.75 Å². The van der Waals surface area contributed by atoms with Gasteiger partial charge in [-0.2, -0.15) is 5.48 Å². The Balaban J connectivity index is 1.28. The van der Waals surface area contributed by atoms with Gasteiger partial charge in [-0.3, -0.25) is 9.63 Å². The summed E-state index contributed by atoms with van der Waals surface area (Å²) in [5.41, 5.74) is 2.86. The number of amides is 1. The monoisotopic (exact) mass is 334 g/mol. The minimum atomic E-state index is -0.257. The summed E-state index contributed by atoms with van der Waals surface area (Å²) >= 11 is 0. The smallest absolute Gasteiger partial charge is 0.239 e. The van der Waals surface area contributed by atoms with E-state index in [2.05, 4.69) is 10.8 Å². The standard InChI is InChI=1S/C18H26N2O4/c21-18(19-12-14-8-10-22-13-14)17-11-16(24-20-17)7-4-9-23-15-5-2-1-3-6-15/h1-3,5-6,14,16-17,20H,4,7-13H2,(H,19,21). The first-order chi connectivity index (χ1) is 11.8. The summed E-state index contributed by atoms with van der Waals surface area (Å²) in [6, 6.07) is 9.52. The molecule has 2 aliphatic heterocycles. The summed E-state index contributed by atoms with van der Waals surface area (Å²) in [6.07, 6.45) is 3.57. The van der Waals surface area contributed by atoms with Crippen molar-refractivity contribution < 1.29 is 19.1 Å². The largest absolute Gasteiger partial charge is 0.494 e. The Kier molecular flexibility index (Phi) is 6.46. The average Bonchev–Trinajstić information content (AvgIpc) is 3.29. The van der Waals surface area contributed by atoms with E-state index in [0.29, 0.717) is 25.5 Å². The van der Waals surface area contributed by atoms with Gasteiger partial charge in [0.2, 0.25) is 5.91 Å². The number of carbonyl (C=O) groups is 1. The van der Waals surface area contributed by atoms with E-state index in [1.807, 2.05) is 30.3 Å². The van der Waals surface area contributed by atoms with Crippen molar-refractivity contribution in [2.24, 2.45) is 5.92 Å². The van der Waals surface area contributed by atoms with Crippen LogP contribution in [0.25, 0.3) is 0 Å². The van der Waals surface area contributed by atoms with Crippen molar-refractivity contribution in [1.29, 1.82) is 0 Å². The number of rotatable bonds is 8. The first kappa shape index (κ1) is 17.2. The van der Waals surface area contributed by atoms with Gasteiger partial charge >= 0.3 is 0 Å². The molecule has 0 aromatic heterocycles. The van der Waals surface area contributed by atoms with Crippen LogP contribution in [0.3, 0.4) is 0 Å². The van der Waals surface area contributed by atoms with Gasteiger partial charge in [0.25, 0.3) is 0 Å². The molecule has 0 radical (unpaired) electrons. The van der Waals surface area contributed by atoms with Crippen LogP contribution in [-0.2, 0) is 14.4 Å². The van der Waals surface area contributed by atoms with Crippen LogP contribution in [0.1, 0.15) is 25.7 Å². The van der Waals surface area contributed by atoms with Gasteiger partial charge in [0, 0.05) is 25.5 Å². The lowest BCUT2D eigenvalue weighted by Crippen LogP contribution is -2.42. The molecule has 0 saturated carbocycles. The number of para-hydroxylation sites is 1. The zero-order valence-corrected chi connectivity index (χ0v) is 13.9. The van der Waals surface area contributed by atoms with Crippen LogP contribution in [0, 0.1) is 5.92 Å². The van der Waals surface area contributed by atoms with Gasteiger partial charge in [0.1, 0.15) is 11.8 Å². The number of ether oxygens (including phenoxy) is 2. The average molecular weight is 334 g/mol. The summed E-state index contributed by atoms with van der Waals surface area (Å²) < 4.78 is 11.0. The van der Waals surface area contributed by atoms with E-state index in [4.69, 9.17) is 14.3 Å². The van der Waals surface area contributed by atoms with Gasteiger partial charge in [-0.15, -0.1) is 0 Å². The SMILES string of the molecule is O=C(NCC1CCOC1)C1CC(CCCOc2ccccc2)ON1. The molecule has 2 aliphatic rings. The number of nitrogens with one attached hydrogen (secondary N) is 2. The molecule has 2 N–H and O–H groups in total. The Hall–Kier alpha value is -1.63. The third-order valence-corrected chi connectivity index (χ3v) is 4.46. The van der Waals surface area contributed by atoms with Gasteiger partial charge < -0.3 is 14.8 Å². The lowest BCUT2D eigenvalue weighted by atomic mass is 10.1. The van der Waals surface area contributed by atoms with Crippen LogP contribution >= 0.6 is 0 Å². The molecule has 2 heterocycles. The van der Waals surface area contributed by atoms with Crippen molar-refractivity contribution in [3.63, 3.8) is 0 Å². The molecule has 6 heteroatoms. The number of benzene rings is 1. The van der Waals surface area contributed by atoms with Gasteiger partial charge in [0.05, 0.1) is 19.3 Å². The second kappa shape index (κ2) is 9.01. The molecule has 6 nitrogen and oxygen atoms in total. The van der Waals surface area contributed by atoms with E-state index in [1.165, 1.54) is 0 Å². The zero-order valence-electron chi connectivity index (χ0n) is 13.9. The van der Waals surface area contributed by atoms with E-state index >= 15 is 0 Å². The maximum atomic E-state index is 12.1. The summed E-state index contributed by atoms with van der Waals surface area (Å²) in [5, 5.41) is 2.99. The molecule has 0 spiro atoms. The maximum Gasteiger partial charge on any atom is 0.239 e. The lowest BCUT2D eigenvalue weighted by molar-refractivity contribution is -0.124. The molecule has 132 valence electrons. The molecule has 3 unspecified atom stereocenters. The molecule has 2 saturated heterocycles. The maximum absolute atomic E-state index is 12.1. The van der Waals surface area contributed by atoms with Crippen molar-refractivity contribution in [2.45, 2.75) is 37.8 Å². The second-order valence-corrected chi connectivity index (χ2v) is 6.42. The first-order valence-corrected chi connectivity index (χ1v) is 8.76. The zero-order chi connectivity index (χ0) is 16.6. The van der Waals surface area contributed by atoms with E-state index < -0.39 is 0 Å². The predicted molar refractivity (Wildman–Crippen MR) is 89.5 cm³/mol. The highest BCUT2D eigenvalue weighted by Gasteiger charge is 2.30.